The van der Waals surface area contributed by atoms with Gasteiger partial charge in [-0.05, 0) is 61.4 Å². The molecule has 1 aromatic carbocycles. The van der Waals surface area contributed by atoms with Crippen LogP contribution >= 0.6 is 11.6 Å². The smallest absolute Gasteiger partial charge is 0.123 e. The molecule has 0 saturated heterocycles. The lowest BCUT2D eigenvalue weighted by molar-refractivity contribution is 0.394. The summed E-state index contributed by atoms with van der Waals surface area (Å²) in [6, 6.07) is 4.59. The van der Waals surface area contributed by atoms with Gasteiger partial charge in [0.1, 0.15) is 5.82 Å². The average molecular weight is 242 g/mol. The summed E-state index contributed by atoms with van der Waals surface area (Å²) < 4.78 is 13.1. The molecule has 0 aromatic heterocycles. The first-order valence-corrected chi connectivity index (χ1v) is 6.22. The van der Waals surface area contributed by atoms with Gasteiger partial charge in [-0.1, -0.05) is 18.0 Å². The highest BCUT2D eigenvalue weighted by Gasteiger charge is 2.26. The molecule has 0 amide bonds. The van der Waals surface area contributed by atoms with Gasteiger partial charge in [0.2, 0.25) is 0 Å². The SMILES string of the molecule is NCC1CCCC1Cc1cc(F)ccc1Cl. The fraction of sp³-hybridized carbons (Fsp3) is 0.538. The van der Waals surface area contributed by atoms with Gasteiger partial charge in [0.05, 0.1) is 0 Å². The molecule has 88 valence electrons. The Hall–Kier alpha value is -0.600. The molecule has 0 radical (unpaired) electrons. The molecule has 3 heteroatoms. The monoisotopic (exact) mass is 241 g/mol. The lowest BCUT2D eigenvalue weighted by Gasteiger charge is -2.18. The largest absolute Gasteiger partial charge is 0.330 e. The van der Waals surface area contributed by atoms with E-state index in [4.69, 9.17) is 17.3 Å². The molecule has 1 aliphatic rings. The van der Waals surface area contributed by atoms with Gasteiger partial charge >= 0.3 is 0 Å². The van der Waals surface area contributed by atoms with Crippen molar-refractivity contribution >= 4 is 11.6 Å². The molecule has 0 aliphatic heterocycles. The first-order valence-electron chi connectivity index (χ1n) is 5.84. The maximum Gasteiger partial charge on any atom is 0.123 e. The van der Waals surface area contributed by atoms with Gasteiger partial charge in [0.15, 0.2) is 0 Å². The molecule has 1 nitrogen and oxygen atoms in total. The van der Waals surface area contributed by atoms with Crippen LogP contribution in [0.15, 0.2) is 18.2 Å². The lowest BCUT2D eigenvalue weighted by Crippen LogP contribution is -2.20. The van der Waals surface area contributed by atoms with Crippen molar-refractivity contribution < 1.29 is 4.39 Å². The van der Waals surface area contributed by atoms with E-state index in [1.807, 2.05) is 0 Å². The number of benzene rings is 1. The standard InChI is InChI=1S/C13H17ClFN/c14-13-5-4-12(15)7-11(13)6-9-2-1-3-10(9)8-16/h4-5,7,9-10H,1-3,6,8,16H2. The molecule has 1 aliphatic carbocycles. The van der Waals surface area contributed by atoms with Gasteiger partial charge in [-0.15, -0.1) is 0 Å². The Labute approximate surface area is 101 Å². The van der Waals surface area contributed by atoms with Crippen molar-refractivity contribution in [3.05, 3.63) is 34.6 Å². The van der Waals surface area contributed by atoms with Gasteiger partial charge in [0.25, 0.3) is 0 Å². The summed E-state index contributed by atoms with van der Waals surface area (Å²) >= 11 is 6.07. The molecule has 2 unspecified atom stereocenters. The van der Waals surface area contributed by atoms with Crippen LogP contribution in [0.3, 0.4) is 0 Å². The average Bonchev–Trinajstić information content (AvgIpc) is 2.71. The molecular formula is C13H17ClFN. The van der Waals surface area contributed by atoms with E-state index in [9.17, 15) is 4.39 Å². The van der Waals surface area contributed by atoms with Crippen LogP contribution in [0.2, 0.25) is 5.02 Å². The van der Waals surface area contributed by atoms with Crippen molar-refractivity contribution in [2.75, 3.05) is 6.54 Å². The van der Waals surface area contributed by atoms with E-state index in [-0.39, 0.29) is 5.82 Å². The third-order valence-electron chi connectivity index (χ3n) is 3.61. The summed E-state index contributed by atoms with van der Waals surface area (Å²) in [6.45, 7) is 0.734. The van der Waals surface area contributed by atoms with E-state index in [0.29, 0.717) is 16.9 Å². The first kappa shape index (κ1) is 11.9. The second-order valence-electron chi connectivity index (χ2n) is 4.63. The zero-order valence-electron chi connectivity index (χ0n) is 9.26. The molecule has 16 heavy (non-hydrogen) atoms. The normalized spacial score (nSPS) is 24.9. The predicted molar refractivity (Wildman–Crippen MR) is 65.0 cm³/mol. The van der Waals surface area contributed by atoms with Crippen LogP contribution in [0.25, 0.3) is 0 Å². The summed E-state index contributed by atoms with van der Waals surface area (Å²) in [4.78, 5) is 0. The number of halogens is 2. The van der Waals surface area contributed by atoms with Crippen LogP contribution in [0.4, 0.5) is 4.39 Å². The van der Waals surface area contributed by atoms with Crippen molar-refractivity contribution in [3.63, 3.8) is 0 Å². The summed E-state index contributed by atoms with van der Waals surface area (Å²) in [7, 11) is 0. The molecule has 1 fully saturated rings. The summed E-state index contributed by atoms with van der Waals surface area (Å²) in [5.41, 5.74) is 6.66. The van der Waals surface area contributed by atoms with Gasteiger partial charge < -0.3 is 5.73 Å². The molecular weight excluding hydrogens is 225 g/mol. The third-order valence-corrected chi connectivity index (χ3v) is 3.98. The maximum atomic E-state index is 13.1. The minimum absolute atomic E-state index is 0.207. The highest BCUT2D eigenvalue weighted by atomic mass is 35.5. The second kappa shape index (κ2) is 5.15. The Morgan fingerprint density at radius 2 is 2.06 bits per heavy atom. The topological polar surface area (TPSA) is 26.0 Å². The number of hydrogen-bond acceptors (Lipinski definition) is 1. The fourth-order valence-corrected chi connectivity index (χ4v) is 2.87. The molecule has 0 spiro atoms. The van der Waals surface area contributed by atoms with Crippen LogP contribution in [-0.2, 0) is 6.42 Å². The zero-order valence-corrected chi connectivity index (χ0v) is 10.0. The van der Waals surface area contributed by atoms with E-state index in [1.54, 1.807) is 12.1 Å². The summed E-state index contributed by atoms with van der Waals surface area (Å²) in [6.07, 6.45) is 4.49. The minimum atomic E-state index is -0.207. The Bertz CT molecular complexity index is 367. The van der Waals surface area contributed by atoms with Crippen molar-refractivity contribution in [2.45, 2.75) is 25.7 Å². The summed E-state index contributed by atoms with van der Waals surface area (Å²) in [5, 5.41) is 0.670. The van der Waals surface area contributed by atoms with Crippen LogP contribution in [0.5, 0.6) is 0 Å². The molecule has 2 rings (SSSR count). The minimum Gasteiger partial charge on any atom is -0.330 e. The second-order valence-corrected chi connectivity index (χ2v) is 5.03. The van der Waals surface area contributed by atoms with Gasteiger partial charge in [0, 0.05) is 5.02 Å². The van der Waals surface area contributed by atoms with Gasteiger partial charge in [-0.2, -0.15) is 0 Å². The first-order chi connectivity index (χ1) is 7.70. The van der Waals surface area contributed by atoms with E-state index < -0.39 is 0 Å². The lowest BCUT2D eigenvalue weighted by atomic mass is 9.90. The molecule has 0 bridgehead atoms. The summed E-state index contributed by atoms with van der Waals surface area (Å²) in [5.74, 6) is 0.949. The van der Waals surface area contributed by atoms with Crippen molar-refractivity contribution in [1.29, 1.82) is 0 Å². The molecule has 2 atom stereocenters. The molecule has 1 saturated carbocycles. The Morgan fingerprint density at radius 3 is 2.81 bits per heavy atom. The van der Waals surface area contributed by atoms with Crippen LogP contribution in [0.1, 0.15) is 24.8 Å². The predicted octanol–water partition coefficient (Wildman–Crippen LogP) is 3.40. The zero-order chi connectivity index (χ0) is 11.5. The fourth-order valence-electron chi connectivity index (χ4n) is 2.67. The highest BCUT2D eigenvalue weighted by Crippen LogP contribution is 2.34. The van der Waals surface area contributed by atoms with Crippen molar-refractivity contribution in [2.24, 2.45) is 17.6 Å². The van der Waals surface area contributed by atoms with E-state index >= 15 is 0 Å². The van der Waals surface area contributed by atoms with Gasteiger partial charge in [-0.3, -0.25) is 0 Å². The molecule has 0 heterocycles. The number of nitrogens with two attached hydrogens (primary N) is 1. The van der Waals surface area contributed by atoms with Crippen molar-refractivity contribution in [1.82, 2.24) is 0 Å². The molecule has 1 aromatic rings. The number of hydrogen-bond donors (Lipinski definition) is 1. The quantitative estimate of drug-likeness (QED) is 0.863. The van der Waals surface area contributed by atoms with Crippen LogP contribution < -0.4 is 5.73 Å². The Kier molecular flexibility index (Phi) is 3.82. The van der Waals surface area contributed by atoms with Crippen LogP contribution in [0, 0.1) is 17.7 Å². The Balaban J connectivity index is 2.11. The van der Waals surface area contributed by atoms with E-state index in [1.165, 1.54) is 25.3 Å². The molecule has 2 N–H and O–H groups in total. The van der Waals surface area contributed by atoms with E-state index in [0.717, 1.165) is 18.5 Å². The Morgan fingerprint density at radius 1 is 1.31 bits per heavy atom. The third kappa shape index (κ3) is 2.55. The van der Waals surface area contributed by atoms with E-state index in [2.05, 4.69) is 0 Å². The number of rotatable bonds is 3. The maximum absolute atomic E-state index is 13.1. The van der Waals surface area contributed by atoms with Crippen LogP contribution in [-0.4, -0.2) is 6.54 Å². The van der Waals surface area contributed by atoms with Gasteiger partial charge in [-0.25, -0.2) is 4.39 Å². The van der Waals surface area contributed by atoms with Crippen molar-refractivity contribution in [3.8, 4) is 0 Å². The highest BCUT2D eigenvalue weighted by molar-refractivity contribution is 6.31.